The first-order valence-corrected chi connectivity index (χ1v) is 6.49. The highest BCUT2D eigenvalue weighted by molar-refractivity contribution is 9.10. The first-order valence-electron chi connectivity index (χ1n) is 5.70. The summed E-state index contributed by atoms with van der Waals surface area (Å²) in [5.74, 6) is 0.884. The van der Waals surface area contributed by atoms with Crippen molar-refractivity contribution in [3.05, 3.63) is 65.3 Å². The van der Waals surface area contributed by atoms with Gasteiger partial charge >= 0.3 is 0 Å². The number of benzene rings is 2. The van der Waals surface area contributed by atoms with Crippen LogP contribution >= 0.6 is 15.9 Å². The van der Waals surface area contributed by atoms with Crippen molar-refractivity contribution in [1.82, 2.24) is 9.97 Å². The third kappa shape index (κ3) is 2.22. The van der Waals surface area contributed by atoms with Crippen molar-refractivity contribution in [3.8, 4) is 22.6 Å². The van der Waals surface area contributed by atoms with Crippen molar-refractivity contribution in [2.75, 3.05) is 0 Å². The van der Waals surface area contributed by atoms with Gasteiger partial charge in [-0.1, -0.05) is 58.4 Å². The van der Waals surface area contributed by atoms with Crippen molar-refractivity contribution in [1.29, 1.82) is 0 Å². The average Bonchev–Trinajstić information content (AvgIpc) is 2.89. The highest BCUT2D eigenvalue weighted by Gasteiger charge is 2.05. The van der Waals surface area contributed by atoms with Gasteiger partial charge in [-0.05, 0) is 12.1 Å². The summed E-state index contributed by atoms with van der Waals surface area (Å²) >= 11 is 3.47. The second-order valence-electron chi connectivity index (χ2n) is 4.01. The maximum atomic E-state index is 4.62. The summed E-state index contributed by atoms with van der Waals surface area (Å²) < 4.78 is 1.05. The lowest BCUT2D eigenvalue weighted by Gasteiger charge is -1.97. The van der Waals surface area contributed by atoms with Gasteiger partial charge in [0.05, 0.1) is 5.69 Å². The van der Waals surface area contributed by atoms with E-state index in [-0.39, 0.29) is 0 Å². The van der Waals surface area contributed by atoms with E-state index in [2.05, 4.69) is 38.0 Å². The molecule has 3 heteroatoms. The van der Waals surface area contributed by atoms with Crippen LogP contribution in [0.2, 0.25) is 0 Å². The number of nitrogens with one attached hydrogen (secondary N) is 1. The normalized spacial score (nSPS) is 10.5. The highest BCUT2D eigenvalue weighted by Crippen LogP contribution is 2.23. The van der Waals surface area contributed by atoms with E-state index < -0.39 is 0 Å². The molecular formula is C15H11BrN2. The van der Waals surface area contributed by atoms with E-state index in [1.165, 1.54) is 0 Å². The van der Waals surface area contributed by atoms with E-state index in [9.17, 15) is 0 Å². The quantitative estimate of drug-likeness (QED) is 0.741. The summed E-state index contributed by atoms with van der Waals surface area (Å²) in [7, 11) is 0. The first-order chi connectivity index (χ1) is 8.83. The van der Waals surface area contributed by atoms with Gasteiger partial charge in [0.15, 0.2) is 0 Å². The van der Waals surface area contributed by atoms with Crippen LogP contribution in [0.3, 0.4) is 0 Å². The molecule has 0 amide bonds. The predicted molar refractivity (Wildman–Crippen MR) is 77.2 cm³/mol. The molecule has 1 N–H and O–H groups in total. The maximum absolute atomic E-state index is 4.62. The Kier molecular flexibility index (Phi) is 2.99. The molecule has 88 valence electrons. The van der Waals surface area contributed by atoms with Crippen LogP contribution in [0.4, 0.5) is 0 Å². The maximum Gasteiger partial charge on any atom is 0.138 e. The van der Waals surface area contributed by atoms with E-state index in [1.54, 1.807) is 0 Å². The summed E-state index contributed by atoms with van der Waals surface area (Å²) in [4.78, 5) is 7.83. The number of imidazole rings is 1. The van der Waals surface area contributed by atoms with Crippen LogP contribution in [0.5, 0.6) is 0 Å². The Morgan fingerprint density at radius 3 is 2.44 bits per heavy atom. The molecule has 3 aromatic rings. The number of nitrogens with zero attached hydrogens (tertiary/aromatic N) is 1. The molecule has 0 radical (unpaired) electrons. The Balaban J connectivity index is 2.00. The van der Waals surface area contributed by atoms with Crippen LogP contribution in [-0.4, -0.2) is 9.97 Å². The van der Waals surface area contributed by atoms with Crippen LogP contribution in [0.1, 0.15) is 0 Å². The lowest BCUT2D eigenvalue weighted by atomic mass is 10.2. The largest absolute Gasteiger partial charge is 0.344 e. The lowest BCUT2D eigenvalue weighted by molar-refractivity contribution is 1.31. The van der Waals surface area contributed by atoms with E-state index in [1.807, 2.05) is 48.7 Å². The van der Waals surface area contributed by atoms with Crippen molar-refractivity contribution < 1.29 is 0 Å². The number of aromatic nitrogens is 2. The average molecular weight is 299 g/mol. The van der Waals surface area contributed by atoms with Gasteiger partial charge in [-0.25, -0.2) is 4.98 Å². The van der Waals surface area contributed by atoms with Gasteiger partial charge in [-0.15, -0.1) is 0 Å². The summed E-state index contributed by atoms with van der Waals surface area (Å²) in [5.41, 5.74) is 3.16. The molecule has 2 nitrogen and oxygen atoms in total. The highest BCUT2D eigenvalue weighted by atomic mass is 79.9. The molecule has 3 rings (SSSR count). The standard InChI is InChI=1S/C15H11BrN2/c16-13-8-4-7-12(9-13)15-17-10-14(18-15)11-5-2-1-3-6-11/h1-10H,(H,17,18). The molecule has 0 saturated carbocycles. The third-order valence-electron chi connectivity index (χ3n) is 2.75. The van der Waals surface area contributed by atoms with E-state index >= 15 is 0 Å². The van der Waals surface area contributed by atoms with Crippen molar-refractivity contribution >= 4 is 15.9 Å². The van der Waals surface area contributed by atoms with Crippen molar-refractivity contribution in [2.45, 2.75) is 0 Å². The van der Waals surface area contributed by atoms with E-state index in [4.69, 9.17) is 0 Å². The molecule has 18 heavy (non-hydrogen) atoms. The van der Waals surface area contributed by atoms with Gasteiger partial charge in [0, 0.05) is 21.8 Å². The Morgan fingerprint density at radius 1 is 0.889 bits per heavy atom. The molecule has 0 bridgehead atoms. The number of H-pyrrole nitrogens is 1. The van der Waals surface area contributed by atoms with Crippen molar-refractivity contribution in [2.24, 2.45) is 0 Å². The van der Waals surface area contributed by atoms with Crippen molar-refractivity contribution in [3.63, 3.8) is 0 Å². The zero-order valence-electron chi connectivity index (χ0n) is 9.60. The fourth-order valence-corrected chi connectivity index (χ4v) is 2.26. The number of halogens is 1. The zero-order valence-corrected chi connectivity index (χ0v) is 11.2. The molecule has 1 heterocycles. The third-order valence-corrected chi connectivity index (χ3v) is 3.24. The molecule has 0 aliphatic carbocycles. The Bertz CT molecular complexity index is 659. The molecular weight excluding hydrogens is 288 g/mol. The molecule has 0 atom stereocenters. The van der Waals surface area contributed by atoms with E-state index in [0.717, 1.165) is 27.1 Å². The van der Waals surface area contributed by atoms with E-state index in [0.29, 0.717) is 0 Å². The second kappa shape index (κ2) is 4.78. The molecule has 0 fully saturated rings. The van der Waals surface area contributed by atoms with Crippen LogP contribution in [0.25, 0.3) is 22.6 Å². The molecule has 2 aromatic carbocycles. The smallest absolute Gasteiger partial charge is 0.138 e. The molecule has 0 aliphatic heterocycles. The fourth-order valence-electron chi connectivity index (χ4n) is 1.86. The first kappa shape index (κ1) is 11.2. The number of rotatable bonds is 2. The monoisotopic (exact) mass is 298 g/mol. The molecule has 0 unspecified atom stereocenters. The van der Waals surface area contributed by atoms with Gasteiger partial charge < -0.3 is 4.98 Å². The van der Waals surface area contributed by atoms with Gasteiger partial charge in [0.1, 0.15) is 5.82 Å². The molecule has 1 aromatic heterocycles. The minimum Gasteiger partial charge on any atom is -0.344 e. The SMILES string of the molecule is Brc1cccc(-c2nc(-c3ccccc3)c[nH]2)c1. The zero-order chi connectivity index (χ0) is 12.4. The minimum absolute atomic E-state index is 0.884. The fraction of sp³-hybridized carbons (Fsp3) is 0. The lowest BCUT2D eigenvalue weighted by Crippen LogP contribution is -1.81. The number of aromatic amines is 1. The van der Waals surface area contributed by atoms with Gasteiger partial charge in [0.2, 0.25) is 0 Å². The molecule has 0 saturated heterocycles. The summed E-state index contributed by atoms with van der Waals surface area (Å²) in [5, 5.41) is 0. The summed E-state index contributed by atoms with van der Waals surface area (Å²) in [6.07, 6.45) is 1.94. The predicted octanol–water partition coefficient (Wildman–Crippen LogP) is 4.51. The van der Waals surface area contributed by atoms with Crippen LogP contribution in [0, 0.1) is 0 Å². The summed E-state index contributed by atoms with van der Waals surface area (Å²) in [6.45, 7) is 0. The van der Waals surface area contributed by atoms with Crippen LogP contribution in [-0.2, 0) is 0 Å². The Morgan fingerprint density at radius 2 is 1.67 bits per heavy atom. The summed E-state index contributed by atoms with van der Waals surface area (Å²) in [6, 6.07) is 18.2. The molecule has 0 spiro atoms. The number of hydrogen-bond acceptors (Lipinski definition) is 1. The Labute approximate surface area is 114 Å². The number of hydrogen-bond donors (Lipinski definition) is 1. The second-order valence-corrected chi connectivity index (χ2v) is 4.93. The topological polar surface area (TPSA) is 28.7 Å². The minimum atomic E-state index is 0.884. The van der Waals surface area contributed by atoms with Crippen LogP contribution in [0.15, 0.2) is 65.3 Å². The van der Waals surface area contributed by atoms with Gasteiger partial charge in [-0.3, -0.25) is 0 Å². The van der Waals surface area contributed by atoms with Gasteiger partial charge in [0.25, 0.3) is 0 Å². The van der Waals surface area contributed by atoms with Crippen LogP contribution < -0.4 is 0 Å². The Hall–Kier alpha value is -1.87. The van der Waals surface area contributed by atoms with Gasteiger partial charge in [-0.2, -0.15) is 0 Å². The molecule has 0 aliphatic rings.